The molecule has 3 aromatic rings. The second kappa shape index (κ2) is 11.8. The number of rotatable bonds is 7. The molecule has 30 heavy (non-hydrogen) atoms. The molecule has 3 N–H and O–H groups in total. The number of hydrogen-bond acceptors (Lipinski definition) is 3. The summed E-state index contributed by atoms with van der Waals surface area (Å²) in [7, 11) is 0. The predicted molar refractivity (Wildman–Crippen MR) is 133 cm³/mol. The van der Waals surface area contributed by atoms with E-state index >= 15 is 0 Å². The molecule has 0 radical (unpaired) electrons. The monoisotopic (exact) mass is 540 g/mol. The number of fused-ring (bicyclic) bond motifs is 1. The van der Waals surface area contributed by atoms with Crippen LogP contribution in [0.4, 0.5) is 0 Å². The Morgan fingerprint density at radius 2 is 1.73 bits per heavy atom. The van der Waals surface area contributed by atoms with Gasteiger partial charge in [0, 0.05) is 30.6 Å². The van der Waals surface area contributed by atoms with E-state index in [1.165, 1.54) is 0 Å². The van der Waals surface area contributed by atoms with Crippen LogP contribution in [0.25, 0.3) is 11.0 Å². The molecule has 0 atom stereocenters. The Morgan fingerprint density at radius 1 is 1.03 bits per heavy atom. The van der Waals surface area contributed by atoms with E-state index < -0.39 is 0 Å². The minimum atomic E-state index is -0.197. The number of carbonyl (C=O) groups excluding carboxylic acids is 1. The SMILES string of the molecule is CCNC(=NCc1oc2ccccc2c1C)NCCNC(=O)c1ccccc1Cl.I. The van der Waals surface area contributed by atoms with Crippen molar-refractivity contribution >= 4 is 58.4 Å². The third-order valence-corrected chi connectivity index (χ3v) is 4.82. The number of benzene rings is 2. The van der Waals surface area contributed by atoms with E-state index in [0.29, 0.717) is 36.2 Å². The van der Waals surface area contributed by atoms with Crippen LogP contribution >= 0.6 is 35.6 Å². The van der Waals surface area contributed by atoms with E-state index in [4.69, 9.17) is 16.0 Å². The number of nitrogens with zero attached hydrogens (tertiary/aromatic N) is 1. The molecular formula is C22H26ClIN4O2. The van der Waals surface area contributed by atoms with Crippen LogP contribution in [0, 0.1) is 6.92 Å². The summed E-state index contributed by atoms with van der Waals surface area (Å²) in [6.45, 7) is 6.18. The van der Waals surface area contributed by atoms with Crippen LogP contribution in [0.3, 0.4) is 0 Å². The molecule has 0 saturated carbocycles. The lowest BCUT2D eigenvalue weighted by molar-refractivity contribution is 0.0954. The molecule has 1 heterocycles. The zero-order valence-electron chi connectivity index (χ0n) is 17.0. The Morgan fingerprint density at radius 3 is 2.47 bits per heavy atom. The van der Waals surface area contributed by atoms with Gasteiger partial charge in [0.15, 0.2) is 5.96 Å². The Balaban J connectivity index is 0.00000320. The number of halogens is 2. The van der Waals surface area contributed by atoms with Crippen molar-refractivity contribution in [1.29, 1.82) is 0 Å². The van der Waals surface area contributed by atoms with Gasteiger partial charge in [-0.05, 0) is 32.0 Å². The molecule has 160 valence electrons. The summed E-state index contributed by atoms with van der Waals surface area (Å²) in [5.41, 5.74) is 2.44. The molecule has 0 bridgehead atoms. The van der Waals surface area contributed by atoms with E-state index in [2.05, 4.69) is 20.9 Å². The standard InChI is InChI=1S/C22H25ClN4O2.HI/c1-3-24-22(26-13-12-25-21(28)17-9-4-6-10-18(17)23)27-14-20-15(2)16-8-5-7-11-19(16)29-20;/h4-11H,3,12-14H2,1-2H3,(H,25,28)(H2,24,26,27);1H. The van der Waals surface area contributed by atoms with Gasteiger partial charge in [0.25, 0.3) is 5.91 Å². The number of aliphatic imine (C=N–C) groups is 1. The van der Waals surface area contributed by atoms with Gasteiger partial charge in [-0.25, -0.2) is 4.99 Å². The van der Waals surface area contributed by atoms with Crippen molar-refractivity contribution in [3.05, 3.63) is 70.4 Å². The van der Waals surface area contributed by atoms with Crippen molar-refractivity contribution in [2.24, 2.45) is 4.99 Å². The quantitative estimate of drug-likeness (QED) is 0.179. The lowest BCUT2D eigenvalue weighted by Gasteiger charge is -2.12. The van der Waals surface area contributed by atoms with Crippen LogP contribution in [0.15, 0.2) is 57.9 Å². The molecule has 1 aromatic heterocycles. The average molecular weight is 541 g/mol. The number of aryl methyl sites for hydroxylation is 1. The average Bonchev–Trinajstić information content (AvgIpc) is 3.05. The Bertz CT molecular complexity index is 1020. The second-order valence-corrected chi connectivity index (χ2v) is 6.91. The van der Waals surface area contributed by atoms with E-state index in [-0.39, 0.29) is 29.9 Å². The van der Waals surface area contributed by atoms with E-state index in [1.807, 2.05) is 38.1 Å². The van der Waals surface area contributed by atoms with Gasteiger partial charge in [0.05, 0.1) is 10.6 Å². The number of para-hydroxylation sites is 1. The first kappa shape index (κ1) is 24.0. The first-order valence-corrected chi connectivity index (χ1v) is 10.00. The molecule has 0 spiro atoms. The maximum atomic E-state index is 12.2. The molecule has 0 aliphatic carbocycles. The van der Waals surface area contributed by atoms with Crippen LogP contribution in [0.1, 0.15) is 28.6 Å². The molecular weight excluding hydrogens is 515 g/mol. The lowest BCUT2D eigenvalue weighted by Crippen LogP contribution is -2.41. The predicted octanol–water partition coefficient (Wildman–Crippen LogP) is 4.50. The molecule has 0 aliphatic rings. The van der Waals surface area contributed by atoms with Crippen molar-refractivity contribution in [2.45, 2.75) is 20.4 Å². The van der Waals surface area contributed by atoms with Crippen molar-refractivity contribution in [3.8, 4) is 0 Å². The molecule has 8 heteroatoms. The first-order chi connectivity index (χ1) is 14.1. The van der Waals surface area contributed by atoms with Gasteiger partial charge in [-0.3, -0.25) is 4.79 Å². The molecule has 6 nitrogen and oxygen atoms in total. The van der Waals surface area contributed by atoms with Gasteiger partial charge in [-0.15, -0.1) is 24.0 Å². The lowest BCUT2D eigenvalue weighted by atomic mass is 10.1. The summed E-state index contributed by atoms with van der Waals surface area (Å²) in [5, 5.41) is 10.8. The maximum absolute atomic E-state index is 12.2. The fourth-order valence-corrected chi connectivity index (χ4v) is 3.19. The maximum Gasteiger partial charge on any atom is 0.252 e. The van der Waals surface area contributed by atoms with Crippen molar-refractivity contribution in [1.82, 2.24) is 16.0 Å². The number of hydrogen-bond donors (Lipinski definition) is 3. The van der Waals surface area contributed by atoms with Crippen molar-refractivity contribution in [3.63, 3.8) is 0 Å². The molecule has 0 fully saturated rings. The summed E-state index contributed by atoms with van der Waals surface area (Å²) in [6, 6.07) is 14.9. The molecule has 1 amide bonds. The van der Waals surface area contributed by atoms with Gasteiger partial charge in [-0.1, -0.05) is 41.9 Å². The number of furan rings is 1. The molecule has 3 rings (SSSR count). The highest BCUT2D eigenvalue weighted by Gasteiger charge is 2.10. The third kappa shape index (κ3) is 6.12. The smallest absolute Gasteiger partial charge is 0.252 e. The largest absolute Gasteiger partial charge is 0.459 e. The number of nitrogens with one attached hydrogen (secondary N) is 3. The summed E-state index contributed by atoms with van der Waals surface area (Å²) >= 11 is 6.05. The number of amides is 1. The number of carbonyl (C=O) groups is 1. The van der Waals surface area contributed by atoms with E-state index in [1.54, 1.807) is 24.3 Å². The zero-order chi connectivity index (χ0) is 20.6. The van der Waals surface area contributed by atoms with E-state index in [0.717, 1.165) is 28.8 Å². The van der Waals surface area contributed by atoms with Gasteiger partial charge in [-0.2, -0.15) is 0 Å². The van der Waals surface area contributed by atoms with Crippen LogP contribution in [0.5, 0.6) is 0 Å². The normalized spacial score (nSPS) is 11.1. The van der Waals surface area contributed by atoms with Crippen molar-refractivity contribution in [2.75, 3.05) is 19.6 Å². The fraction of sp³-hybridized carbons (Fsp3) is 0.273. The third-order valence-electron chi connectivity index (χ3n) is 4.49. The Hall–Kier alpha value is -2.26. The highest BCUT2D eigenvalue weighted by atomic mass is 127. The van der Waals surface area contributed by atoms with Crippen molar-refractivity contribution < 1.29 is 9.21 Å². The van der Waals surface area contributed by atoms with Gasteiger partial charge in [0.1, 0.15) is 17.9 Å². The van der Waals surface area contributed by atoms with E-state index in [9.17, 15) is 4.79 Å². The summed E-state index contributed by atoms with van der Waals surface area (Å²) in [4.78, 5) is 16.8. The molecule has 2 aromatic carbocycles. The highest BCUT2D eigenvalue weighted by Crippen LogP contribution is 2.25. The first-order valence-electron chi connectivity index (χ1n) is 9.62. The molecule has 0 unspecified atom stereocenters. The van der Waals surface area contributed by atoms with Gasteiger partial charge >= 0.3 is 0 Å². The van der Waals surface area contributed by atoms with Crippen LogP contribution in [-0.4, -0.2) is 31.5 Å². The Kier molecular flexibility index (Phi) is 9.45. The minimum Gasteiger partial charge on any atom is -0.459 e. The summed E-state index contributed by atoms with van der Waals surface area (Å²) in [5.74, 6) is 1.31. The zero-order valence-corrected chi connectivity index (χ0v) is 20.1. The van der Waals surface area contributed by atoms with Gasteiger partial charge in [0.2, 0.25) is 0 Å². The summed E-state index contributed by atoms with van der Waals surface area (Å²) < 4.78 is 5.91. The topological polar surface area (TPSA) is 78.7 Å². The fourth-order valence-electron chi connectivity index (χ4n) is 2.97. The van der Waals surface area contributed by atoms with Crippen LogP contribution in [-0.2, 0) is 6.54 Å². The molecule has 0 aliphatic heterocycles. The number of guanidine groups is 1. The minimum absolute atomic E-state index is 0. The Labute approximate surface area is 198 Å². The highest BCUT2D eigenvalue weighted by molar-refractivity contribution is 14.0. The van der Waals surface area contributed by atoms with Crippen LogP contribution in [0.2, 0.25) is 5.02 Å². The summed E-state index contributed by atoms with van der Waals surface area (Å²) in [6.07, 6.45) is 0. The molecule has 0 saturated heterocycles. The second-order valence-electron chi connectivity index (χ2n) is 6.50. The van der Waals surface area contributed by atoms with Crippen LogP contribution < -0.4 is 16.0 Å². The van der Waals surface area contributed by atoms with Gasteiger partial charge < -0.3 is 20.4 Å².